The number of H-pyrrole nitrogens is 1. The van der Waals surface area contributed by atoms with Crippen LogP contribution in [0.3, 0.4) is 0 Å². The van der Waals surface area contributed by atoms with Gasteiger partial charge in [0.1, 0.15) is 0 Å². The molecule has 0 aliphatic heterocycles. The third kappa shape index (κ3) is 2.50. The van der Waals surface area contributed by atoms with Gasteiger partial charge in [-0.05, 0) is 26.1 Å². The first-order chi connectivity index (χ1) is 9.69. The molecule has 0 aromatic carbocycles. The van der Waals surface area contributed by atoms with E-state index in [-0.39, 0.29) is 5.56 Å². The Morgan fingerprint density at radius 3 is 3.20 bits per heavy atom. The Hall–Kier alpha value is -1.27. The second-order valence-corrected chi connectivity index (χ2v) is 6.51. The molecule has 108 valence electrons. The minimum absolute atomic E-state index is 0.0451. The molecule has 0 unspecified atom stereocenters. The highest BCUT2D eigenvalue weighted by Crippen LogP contribution is 2.31. The van der Waals surface area contributed by atoms with E-state index in [2.05, 4.69) is 28.3 Å². The van der Waals surface area contributed by atoms with Crippen molar-refractivity contribution < 1.29 is 0 Å². The minimum Gasteiger partial charge on any atom is -0.297 e. The molecule has 0 spiro atoms. The Morgan fingerprint density at radius 1 is 1.55 bits per heavy atom. The molecular formula is C14H20N4OS. The van der Waals surface area contributed by atoms with Gasteiger partial charge in [-0.15, -0.1) is 0 Å². The topological polar surface area (TPSA) is 53.4 Å². The van der Waals surface area contributed by atoms with Gasteiger partial charge in [0.25, 0.3) is 5.56 Å². The van der Waals surface area contributed by atoms with Crippen LogP contribution >= 0.6 is 11.8 Å². The van der Waals surface area contributed by atoms with Crippen LogP contribution in [0.5, 0.6) is 0 Å². The number of nitrogens with one attached hydrogen (secondary N) is 1. The molecule has 6 heteroatoms. The normalized spacial score (nSPS) is 22.9. The molecule has 1 N–H and O–H groups in total. The van der Waals surface area contributed by atoms with Crippen molar-refractivity contribution in [1.82, 2.24) is 19.5 Å². The zero-order chi connectivity index (χ0) is 14.1. The van der Waals surface area contributed by atoms with E-state index < -0.39 is 0 Å². The van der Waals surface area contributed by atoms with E-state index in [9.17, 15) is 4.79 Å². The zero-order valence-corrected chi connectivity index (χ0v) is 12.7. The van der Waals surface area contributed by atoms with Crippen LogP contribution in [-0.4, -0.2) is 44.1 Å². The average Bonchev–Trinajstić information content (AvgIpc) is 3.06. The monoisotopic (exact) mass is 292 g/mol. The van der Waals surface area contributed by atoms with Gasteiger partial charge in [0.05, 0.1) is 5.69 Å². The highest BCUT2D eigenvalue weighted by molar-refractivity contribution is 7.99. The molecule has 3 rings (SSSR count). The standard InChI is InChI=1S/C14H20N4OS/c1-17(11-4-3-5-12(11)20-2)9-10-8-14(19)18-13(16-10)6-7-15-18/h6-8,11-12,15H,3-5,9H2,1-2H3/t11-,12+/m1/s1. The summed E-state index contributed by atoms with van der Waals surface area (Å²) in [6.45, 7) is 0.735. The molecule has 20 heavy (non-hydrogen) atoms. The molecule has 0 amide bonds. The molecule has 2 aromatic rings. The van der Waals surface area contributed by atoms with Crippen molar-refractivity contribution in [3.05, 3.63) is 34.4 Å². The molecule has 0 radical (unpaired) electrons. The van der Waals surface area contributed by atoms with Gasteiger partial charge in [-0.1, -0.05) is 6.42 Å². The smallest absolute Gasteiger partial charge is 0.272 e. The third-order valence-corrected chi connectivity index (χ3v) is 5.29. The summed E-state index contributed by atoms with van der Waals surface area (Å²) in [5.74, 6) is 0. The van der Waals surface area contributed by atoms with Crippen molar-refractivity contribution in [2.24, 2.45) is 0 Å². The first kappa shape index (κ1) is 13.7. The maximum Gasteiger partial charge on any atom is 0.272 e. The third-order valence-electron chi connectivity index (χ3n) is 4.13. The Labute approximate surface area is 122 Å². The fourth-order valence-corrected chi connectivity index (χ4v) is 4.18. The van der Waals surface area contributed by atoms with Crippen LogP contribution in [0, 0.1) is 0 Å². The SMILES string of the molecule is CS[C@H]1CCC[C@H]1N(C)Cc1cc(=O)n2[nH]ccc2n1. The quantitative estimate of drug-likeness (QED) is 0.932. The number of aromatic nitrogens is 3. The Morgan fingerprint density at radius 2 is 2.40 bits per heavy atom. The lowest BCUT2D eigenvalue weighted by Crippen LogP contribution is -2.36. The summed E-state index contributed by atoms with van der Waals surface area (Å²) < 4.78 is 1.46. The van der Waals surface area contributed by atoms with E-state index >= 15 is 0 Å². The van der Waals surface area contributed by atoms with Crippen molar-refractivity contribution in [3.63, 3.8) is 0 Å². The lowest BCUT2D eigenvalue weighted by atomic mass is 10.2. The second-order valence-electron chi connectivity index (χ2n) is 5.43. The molecule has 2 heterocycles. The zero-order valence-electron chi connectivity index (χ0n) is 11.9. The van der Waals surface area contributed by atoms with Crippen molar-refractivity contribution in [3.8, 4) is 0 Å². The second kappa shape index (κ2) is 5.61. The largest absolute Gasteiger partial charge is 0.297 e. The van der Waals surface area contributed by atoms with Crippen molar-refractivity contribution >= 4 is 17.4 Å². The van der Waals surface area contributed by atoms with E-state index in [0.29, 0.717) is 16.9 Å². The van der Waals surface area contributed by atoms with E-state index in [1.807, 2.05) is 17.8 Å². The number of hydrogen-bond acceptors (Lipinski definition) is 4. The predicted molar refractivity (Wildman–Crippen MR) is 82.2 cm³/mol. The number of hydrogen-bond donors (Lipinski definition) is 1. The van der Waals surface area contributed by atoms with E-state index in [4.69, 9.17) is 0 Å². The van der Waals surface area contributed by atoms with E-state index in [0.717, 1.165) is 12.2 Å². The Balaban J connectivity index is 1.80. The summed E-state index contributed by atoms with van der Waals surface area (Å²) >= 11 is 1.95. The van der Waals surface area contributed by atoms with Gasteiger partial charge >= 0.3 is 0 Å². The molecule has 5 nitrogen and oxygen atoms in total. The lowest BCUT2D eigenvalue weighted by Gasteiger charge is -2.28. The van der Waals surface area contributed by atoms with E-state index in [1.54, 1.807) is 12.3 Å². The molecule has 2 atom stereocenters. The molecule has 1 fully saturated rings. The molecule has 1 aliphatic rings. The van der Waals surface area contributed by atoms with Crippen LogP contribution < -0.4 is 5.56 Å². The Bertz CT molecular complexity index is 650. The summed E-state index contributed by atoms with van der Waals surface area (Å²) in [6.07, 6.45) is 7.76. The maximum absolute atomic E-state index is 12.0. The van der Waals surface area contributed by atoms with Gasteiger partial charge < -0.3 is 0 Å². The summed E-state index contributed by atoms with van der Waals surface area (Å²) in [7, 11) is 2.14. The van der Waals surface area contributed by atoms with Crippen LogP contribution in [0.1, 0.15) is 25.0 Å². The number of rotatable bonds is 4. The number of fused-ring (bicyclic) bond motifs is 1. The van der Waals surface area contributed by atoms with Gasteiger partial charge in [-0.25, -0.2) is 9.50 Å². The predicted octanol–water partition coefficient (Wildman–Crippen LogP) is 1.74. The van der Waals surface area contributed by atoms with Gasteiger partial charge in [-0.2, -0.15) is 11.8 Å². The van der Waals surface area contributed by atoms with Gasteiger partial charge in [0, 0.05) is 36.2 Å². The number of nitrogens with zero attached hydrogens (tertiary/aromatic N) is 3. The lowest BCUT2D eigenvalue weighted by molar-refractivity contribution is 0.239. The number of thioether (sulfide) groups is 1. The van der Waals surface area contributed by atoms with Gasteiger partial charge in [-0.3, -0.25) is 14.8 Å². The summed E-state index contributed by atoms with van der Waals surface area (Å²) in [6, 6.07) is 4.05. The van der Waals surface area contributed by atoms with Crippen LogP contribution in [0.25, 0.3) is 5.65 Å². The molecule has 0 saturated heterocycles. The van der Waals surface area contributed by atoms with Gasteiger partial charge in [0.2, 0.25) is 0 Å². The van der Waals surface area contributed by atoms with E-state index in [1.165, 1.54) is 23.8 Å². The Kier molecular flexibility index (Phi) is 3.85. The molecule has 1 saturated carbocycles. The van der Waals surface area contributed by atoms with Crippen LogP contribution in [0.4, 0.5) is 0 Å². The highest BCUT2D eigenvalue weighted by Gasteiger charge is 2.29. The number of aromatic amines is 1. The molecule has 0 bridgehead atoms. The first-order valence-electron chi connectivity index (χ1n) is 6.98. The molecule has 1 aliphatic carbocycles. The summed E-state index contributed by atoms with van der Waals surface area (Å²) in [4.78, 5) is 18.8. The van der Waals surface area contributed by atoms with Crippen molar-refractivity contribution in [2.75, 3.05) is 13.3 Å². The van der Waals surface area contributed by atoms with Crippen molar-refractivity contribution in [1.29, 1.82) is 0 Å². The van der Waals surface area contributed by atoms with Gasteiger partial charge in [0.15, 0.2) is 5.65 Å². The highest BCUT2D eigenvalue weighted by atomic mass is 32.2. The van der Waals surface area contributed by atoms with Crippen LogP contribution in [-0.2, 0) is 6.54 Å². The fourth-order valence-electron chi connectivity index (χ4n) is 3.12. The molecular weight excluding hydrogens is 272 g/mol. The first-order valence-corrected chi connectivity index (χ1v) is 8.27. The fraction of sp³-hybridized carbons (Fsp3) is 0.571. The van der Waals surface area contributed by atoms with Crippen LogP contribution in [0.2, 0.25) is 0 Å². The average molecular weight is 292 g/mol. The summed E-state index contributed by atoms with van der Waals surface area (Å²) in [5.41, 5.74) is 1.49. The minimum atomic E-state index is -0.0451. The summed E-state index contributed by atoms with van der Waals surface area (Å²) in [5, 5.41) is 3.57. The maximum atomic E-state index is 12.0. The van der Waals surface area contributed by atoms with Crippen molar-refractivity contribution in [2.45, 2.75) is 37.1 Å². The van der Waals surface area contributed by atoms with Crippen LogP contribution in [0.15, 0.2) is 23.1 Å². The molecule has 2 aromatic heterocycles.